The third-order valence-electron chi connectivity index (χ3n) is 3.10. The predicted octanol–water partition coefficient (Wildman–Crippen LogP) is 3.67. The summed E-state index contributed by atoms with van der Waals surface area (Å²) in [6.07, 6.45) is 1.38. The van der Waals surface area contributed by atoms with E-state index in [1.54, 1.807) is 37.3 Å². The zero-order valence-corrected chi connectivity index (χ0v) is 11.9. The van der Waals surface area contributed by atoms with Crippen LogP contribution in [0.15, 0.2) is 36.7 Å². The van der Waals surface area contributed by atoms with Crippen molar-refractivity contribution in [2.45, 2.75) is 6.92 Å². The van der Waals surface area contributed by atoms with Crippen molar-refractivity contribution in [3.8, 4) is 17.4 Å². The van der Waals surface area contributed by atoms with E-state index in [2.05, 4.69) is 9.97 Å². The molecule has 106 valence electrons. The number of aromatic nitrogens is 2. The second-order valence-electron chi connectivity index (χ2n) is 4.62. The second-order valence-corrected chi connectivity index (χ2v) is 5.03. The molecule has 5 nitrogen and oxygen atoms in total. The molecule has 0 saturated heterocycles. The van der Waals surface area contributed by atoms with Crippen molar-refractivity contribution in [1.82, 2.24) is 9.97 Å². The molecule has 0 aliphatic heterocycles. The number of rotatable bonds is 2. The van der Waals surface area contributed by atoms with E-state index < -0.39 is 0 Å². The van der Waals surface area contributed by atoms with Gasteiger partial charge in [-0.25, -0.2) is 9.97 Å². The summed E-state index contributed by atoms with van der Waals surface area (Å²) in [6, 6.07) is 8.35. The van der Waals surface area contributed by atoms with Crippen molar-refractivity contribution in [3.05, 3.63) is 47.2 Å². The minimum absolute atomic E-state index is 0.183. The van der Waals surface area contributed by atoms with Gasteiger partial charge in [0.15, 0.2) is 0 Å². The molecule has 0 radical (unpaired) electrons. The molecule has 0 atom stereocenters. The molecule has 0 spiro atoms. The van der Waals surface area contributed by atoms with Gasteiger partial charge in [-0.2, -0.15) is 0 Å². The number of aryl methyl sites for hydroxylation is 1. The maximum absolute atomic E-state index is 9.73. The van der Waals surface area contributed by atoms with Gasteiger partial charge in [0.2, 0.25) is 5.88 Å². The number of nitrogen functional groups attached to an aromatic ring is 1. The number of phenolic OH excluding ortho intramolecular Hbond substituents is 1. The number of nitrogens with two attached hydrogens (primary N) is 1. The van der Waals surface area contributed by atoms with Crippen molar-refractivity contribution >= 4 is 28.2 Å². The zero-order chi connectivity index (χ0) is 15.0. The van der Waals surface area contributed by atoms with Crippen molar-refractivity contribution in [2.75, 3.05) is 5.73 Å². The third kappa shape index (κ3) is 2.55. The summed E-state index contributed by atoms with van der Waals surface area (Å²) in [5, 5.41) is 10.9. The summed E-state index contributed by atoms with van der Waals surface area (Å²) >= 11 is 5.97. The van der Waals surface area contributed by atoms with Crippen LogP contribution in [0, 0.1) is 6.92 Å². The first-order valence-electron chi connectivity index (χ1n) is 6.22. The van der Waals surface area contributed by atoms with Gasteiger partial charge >= 0.3 is 0 Å². The zero-order valence-electron chi connectivity index (χ0n) is 11.2. The van der Waals surface area contributed by atoms with Gasteiger partial charge in [0, 0.05) is 12.1 Å². The van der Waals surface area contributed by atoms with Gasteiger partial charge in [0.1, 0.15) is 17.8 Å². The van der Waals surface area contributed by atoms with Gasteiger partial charge in [0.05, 0.1) is 21.6 Å². The fraction of sp³-hybridized carbons (Fsp3) is 0.0667. The molecule has 6 heteroatoms. The van der Waals surface area contributed by atoms with Gasteiger partial charge < -0.3 is 15.6 Å². The molecule has 21 heavy (non-hydrogen) atoms. The molecule has 0 unspecified atom stereocenters. The highest BCUT2D eigenvalue weighted by molar-refractivity contribution is 6.33. The number of benzene rings is 2. The predicted molar refractivity (Wildman–Crippen MR) is 81.9 cm³/mol. The molecule has 3 rings (SSSR count). The SMILES string of the molecule is Cc1cc2c(Oc3ccc(N)c(Cl)c3)ncnc2cc1O. The molecule has 0 bridgehead atoms. The molecule has 1 heterocycles. The summed E-state index contributed by atoms with van der Waals surface area (Å²) in [5.74, 6) is 1.10. The average Bonchev–Trinajstić information content (AvgIpc) is 2.45. The Morgan fingerprint density at radius 3 is 2.76 bits per heavy atom. The Kier molecular flexibility index (Phi) is 3.27. The van der Waals surface area contributed by atoms with Crippen molar-refractivity contribution < 1.29 is 9.84 Å². The van der Waals surface area contributed by atoms with Crippen LogP contribution in [0.2, 0.25) is 5.02 Å². The van der Waals surface area contributed by atoms with Crippen LogP contribution in [0.5, 0.6) is 17.4 Å². The Balaban J connectivity index is 2.07. The third-order valence-corrected chi connectivity index (χ3v) is 3.43. The first kappa shape index (κ1) is 13.5. The largest absolute Gasteiger partial charge is 0.508 e. The van der Waals surface area contributed by atoms with Crippen LogP contribution >= 0.6 is 11.6 Å². The summed E-state index contributed by atoms with van der Waals surface area (Å²) in [7, 11) is 0. The van der Waals surface area contributed by atoms with E-state index in [9.17, 15) is 5.11 Å². The van der Waals surface area contributed by atoms with E-state index >= 15 is 0 Å². The van der Waals surface area contributed by atoms with Gasteiger partial charge in [-0.3, -0.25) is 0 Å². The van der Waals surface area contributed by atoms with E-state index in [1.807, 2.05) is 0 Å². The number of ether oxygens (including phenoxy) is 1. The smallest absolute Gasteiger partial charge is 0.230 e. The van der Waals surface area contributed by atoms with Crippen LogP contribution in [-0.2, 0) is 0 Å². The minimum atomic E-state index is 0.183. The number of aromatic hydroxyl groups is 1. The fourth-order valence-corrected chi connectivity index (χ4v) is 2.11. The second kappa shape index (κ2) is 5.10. The van der Waals surface area contributed by atoms with E-state index in [-0.39, 0.29) is 5.75 Å². The molecule has 0 aliphatic carbocycles. The lowest BCUT2D eigenvalue weighted by Crippen LogP contribution is -1.93. The molecule has 2 aromatic carbocycles. The highest BCUT2D eigenvalue weighted by atomic mass is 35.5. The van der Waals surface area contributed by atoms with Crippen molar-refractivity contribution in [2.24, 2.45) is 0 Å². The highest BCUT2D eigenvalue weighted by Gasteiger charge is 2.09. The Morgan fingerprint density at radius 2 is 2.00 bits per heavy atom. The van der Waals surface area contributed by atoms with Crippen LogP contribution in [-0.4, -0.2) is 15.1 Å². The highest BCUT2D eigenvalue weighted by Crippen LogP contribution is 2.32. The molecule has 0 amide bonds. The lowest BCUT2D eigenvalue weighted by molar-refractivity contribution is 0.466. The molecule has 0 aliphatic rings. The standard InChI is InChI=1S/C15H12ClN3O2/c1-8-4-10-13(6-14(8)20)18-7-19-15(10)21-9-2-3-12(17)11(16)5-9/h2-7,20H,17H2,1H3. The molecule has 3 aromatic rings. The van der Waals surface area contributed by atoms with Crippen molar-refractivity contribution in [1.29, 1.82) is 0 Å². The first-order valence-corrected chi connectivity index (χ1v) is 6.59. The van der Waals surface area contributed by atoms with E-state index in [0.717, 1.165) is 5.56 Å². The lowest BCUT2D eigenvalue weighted by Gasteiger charge is -2.09. The van der Waals surface area contributed by atoms with Crippen LogP contribution in [0.1, 0.15) is 5.56 Å². The summed E-state index contributed by atoms with van der Waals surface area (Å²) in [6.45, 7) is 1.80. The topological polar surface area (TPSA) is 81.3 Å². The van der Waals surface area contributed by atoms with Crippen molar-refractivity contribution in [3.63, 3.8) is 0 Å². The van der Waals surface area contributed by atoms with Crippen LogP contribution in [0.3, 0.4) is 0 Å². The van der Waals surface area contributed by atoms with E-state index in [1.165, 1.54) is 6.33 Å². The molecular formula is C15H12ClN3O2. The number of fused-ring (bicyclic) bond motifs is 1. The van der Waals surface area contributed by atoms with Crippen LogP contribution in [0.25, 0.3) is 10.9 Å². The molecule has 1 aromatic heterocycles. The van der Waals surface area contributed by atoms with Gasteiger partial charge in [-0.05, 0) is 30.7 Å². The van der Waals surface area contributed by atoms with Crippen LogP contribution < -0.4 is 10.5 Å². The molecule has 3 N–H and O–H groups in total. The molecule has 0 saturated carbocycles. The number of nitrogens with zero attached hydrogens (tertiary/aromatic N) is 2. The molecular weight excluding hydrogens is 290 g/mol. The normalized spacial score (nSPS) is 10.8. The monoisotopic (exact) mass is 301 g/mol. The Hall–Kier alpha value is -2.53. The number of hydrogen-bond acceptors (Lipinski definition) is 5. The minimum Gasteiger partial charge on any atom is -0.508 e. The van der Waals surface area contributed by atoms with E-state index in [0.29, 0.717) is 33.2 Å². The Bertz CT molecular complexity index is 837. The van der Waals surface area contributed by atoms with Gasteiger partial charge in [-0.1, -0.05) is 11.6 Å². The lowest BCUT2D eigenvalue weighted by atomic mass is 10.1. The fourth-order valence-electron chi connectivity index (χ4n) is 1.94. The number of anilines is 1. The number of phenols is 1. The first-order chi connectivity index (χ1) is 10.0. The summed E-state index contributed by atoms with van der Waals surface area (Å²) in [4.78, 5) is 8.26. The number of hydrogen-bond donors (Lipinski definition) is 2. The van der Waals surface area contributed by atoms with E-state index in [4.69, 9.17) is 22.1 Å². The van der Waals surface area contributed by atoms with Crippen LogP contribution in [0.4, 0.5) is 5.69 Å². The number of halogens is 1. The summed E-state index contributed by atoms with van der Waals surface area (Å²) in [5.41, 5.74) is 7.47. The Morgan fingerprint density at radius 1 is 1.19 bits per heavy atom. The maximum atomic E-state index is 9.73. The van der Waals surface area contributed by atoms with Gasteiger partial charge in [0.25, 0.3) is 0 Å². The molecule has 0 fully saturated rings. The summed E-state index contributed by atoms with van der Waals surface area (Å²) < 4.78 is 5.75. The quantitative estimate of drug-likeness (QED) is 0.706. The van der Waals surface area contributed by atoms with Gasteiger partial charge in [-0.15, -0.1) is 0 Å². The Labute approximate surface area is 126 Å². The maximum Gasteiger partial charge on any atom is 0.230 e. The average molecular weight is 302 g/mol.